The van der Waals surface area contributed by atoms with E-state index >= 15 is 0 Å². The third-order valence-electron chi connectivity index (χ3n) is 3.19. The maximum Gasteiger partial charge on any atom is 0.335 e. The predicted molar refractivity (Wildman–Crippen MR) is 147 cm³/mol. The van der Waals surface area contributed by atoms with Crippen LogP contribution in [0.1, 0.15) is 44.7 Å². The molecule has 190 valence electrons. The first kappa shape index (κ1) is 38.1. The van der Waals surface area contributed by atoms with E-state index in [1.54, 1.807) is 25.1 Å². The van der Waals surface area contributed by atoms with E-state index in [1.165, 1.54) is 13.0 Å². The van der Waals surface area contributed by atoms with Crippen molar-refractivity contribution in [3.05, 3.63) is 111 Å². The SMILES string of the molecule is C=C(C)C(=O)O.C=C(C)C(=O)OC(O)CCC.C=CC#N.C=CC=C.C=Cc1ccccc1C=C. The first-order valence-electron chi connectivity index (χ1n) is 10.4. The van der Waals surface area contributed by atoms with Gasteiger partial charge in [0.15, 0.2) is 0 Å². The van der Waals surface area contributed by atoms with E-state index in [4.69, 9.17) is 15.5 Å². The summed E-state index contributed by atoms with van der Waals surface area (Å²) in [5.41, 5.74) is 2.75. The molecular weight excluding hydrogens is 442 g/mol. The first-order valence-corrected chi connectivity index (χ1v) is 10.4. The molecule has 35 heavy (non-hydrogen) atoms. The maximum absolute atomic E-state index is 10.7. The molecule has 0 aliphatic heterocycles. The second-order valence-corrected chi connectivity index (χ2v) is 6.36. The number of carbonyl (C=O) groups excluding carboxylic acids is 1. The van der Waals surface area contributed by atoms with Gasteiger partial charge in [0.2, 0.25) is 6.29 Å². The number of rotatable bonds is 8. The summed E-state index contributed by atoms with van der Waals surface area (Å²) in [5.74, 6) is -1.47. The van der Waals surface area contributed by atoms with Crippen molar-refractivity contribution in [1.82, 2.24) is 0 Å². The number of aliphatic hydroxyl groups excluding tert-OH is 1. The summed E-state index contributed by atoms with van der Waals surface area (Å²) in [6.45, 7) is 28.7. The Hall–Kier alpha value is -4.21. The first-order chi connectivity index (χ1) is 16.4. The number of carboxylic acid groups (broad SMARTS) is 1. The average Bonchev–Trinajstić information content (AvgIpc) is 2.84. The smallest absolute Gasteiger partial charge is 0.335 e. The topological polar surface area (TPSA) is 108 Å². The molecule has 6 nitrogen and oxygen atoms in total. The highest BCUT2D eigenvalue weighted by Gasteiger charge is 2.09. The number of carbonyl (C=O) groups is 2. The molecule has 0 spiro atoms. The van der Waals surface area contributed by atoms with Crippen LogP contribution in [0.15, 0.2) is 99.7 Å². The van der Waals surface area contributed by atoms with Gasteiger partial charge < -0.3 is 14.9 Å². The molecule has 0 saturated heterocycles. The van der Waals surface area contributed by atoms with Gasteiger partial charge in [-0.2, -0.15) is 5.26 Å². The monoisotopic (exact) mass is 481 g/mol. The number of hydrogen-bond donors (Lipinski definition) is 2. The van der Waals surface area contributed by atoms with Gasteiger partial charge in [0.1, 0.15) is 0 Å². The third-order valence-corrected chi connectivity index (χ3v) is 3.19. The van der Waals surface area contributed by atoms with Crippen molar-refractivity contribution in [2.24, 2.45) is 0 Å². The lowest BCUT2D eigenvalue weighted by Crippen LogP contribution is -2.17. The van der Waals surface area contributed by atoms with Crippen LogP contribution < -0.4 is 0 Å². The Labute approximate surface area is 210 Å². The lowest BCUT2D eigenvalue weighted by Gasteiger charge is -2.09. The molecule has 0 bridgehead atoms. The summed E-state index contributed by atoms with van der Waals surface area (Å²) in [6.07, 6.45) is 8.39. The number of aliphatic hydroxyl groups is 1. The summed E-state index contributed by atoms with van der Waals surface area (Å²) in [4.78, 5) is 20.3. The normalized spacial score (nSPS) is 8.66. The Bertz CT molecular complexity index is 830. The quantitative estimate of drug-likeness (QED) is 0.137. The van der Waals surface area contributed by atoms with Crippen LogP contribution in [0.25, 0.3) is 12.2 Å². The van der Waals surface area contributed by atoms with E-state index in [9.17, 15) is 9.59 Å². The molecule has 0 saturated carbocycles. The van der Waals surface area contributed by atoms with E-state index in [1.807, 2.05) is 43.3 Å². The standard InChI is InChI=1S/C10H10.C8H14O3.C4H6O2.C4H6.C3H3N/c1-3-9-7-5-6-8-10(9)4-2;1-4-5-7(9)11-8(10)6(2)3;1-3(2)4(5)6;1-3-4-2;1-2-3-4/h3-8H,1-2H2;7,9H,2,4-5H2,1,3H3;1H2,2H3,(H,5,6);3-4H,1-2H2;2H,1H2. The highest BCUT2D eigenvalue weighted by Crippen LogP contribution is 2.10. The highest BCUT2D eigenvalue weighted by molar-refractivity contribution is 5.87. The zero-order valence-electron chi connectivity index (χ0n) is 21.2. The minimum absolute atomic E-state index is 0.176. The van der Waals surface area contributed by atoms with Gasteiger partial charge in [-0.1, -0.05) is 108 Å². The number of benzene rings is 1. The Morgan fingerprint density at radius 3 is 1.57 bits per heavy atom. The number of aliphatic carboxylic acids is 1. The van der Waals surface area contributed by atoms with Crippen molar-refractivity contribution in [3.63, 3.8) is 0 Å². The Kier molecular flexibility index (Phi) is 30.3. The van der Waals surface area contributed by atoms with Gasteiger partial charge >= 0.3 is 11.9 Å². The van der Waals surface area contributed by atoms with Gasteiger partial charge in [0, 0.05) is 23.6 Å². The molecule has 0 heterocycles. The second kappa shape index (κ2) is 27.8. The number of allylic oxidation sites excluding steroid dienone is 3. The number of hydrogen-bond acceptors (Lipinski definition) is 5. The van der Waals surface area contributed by atoms with E-state index in [-0.39, 0.29) is 5.57 Å². The lowest BCUT2D eigenvalue weighted by atomic mass is 10.1. The van der Waals surface area contributed by atoms with Crippen molar-refractivity contribution in [2.45, 2.75) is 39.9 Å². The zero-order valence-corrected chi connectivity index (χ0v) is 21.2. The number of nitrogens with zero attached hydrogens (tertiary/aromatic N) is 1. The zero-order chi connectivity index (χ0) is 28.2. The molecule has 0 amide bonds. The van der Waals surface area contributed by atoms with Crippen LogP contribution in [-0.2, 0) is 14.3 Å². The molecule has 1 aromatic carbocycles. The summed E-state index contributed by atoms with van der Waals surface area (Å²) in [5, 5.41) is 24.4. The fraction of sp³-hybridized carbons (Fsp3) is 0.207. The van der Waals surface area contributed by atoms with Crippen molar-refractivity contribution in [1.29, 1.82) is 5.26 Å². The van der Waals surface area contributed by atoms with Gasteiger partial charge in [-0.3, -0.25) is 0 Å². The van der Waals surface area contributed by atoms with Gasteiger partial charge in [0.25, 0.3) is 0 Å². The van der Waals surface area contributed by atoms with E-state index in [0.29, 0.717) is 12.0 Å². The van der Waals surface area contributed by atoms with Gasteiger partial charge in [0.05, 0.1) is 6.07 Å². The number of esters is 1. The molecule has 0 fully saturated rings. The fourth-order valence-corrected chi connectivity index (χ4v) is 1.41. The maximum atomic E-state index is 10.7. The Balaban J connectivity index is -0.000000183. The number of ether oxygens (including phenoxy) is 1. The van der Waals surface area contributed by atoms with Gasteiger partial charge in [-0.15, -0.1) is 0 Å². The van der Waals surface area contributed by atoms with Crippen LogP contribution >= 0.6 is 0 Å². The van der Waals surface area contributed by atoms with Crippen molar-refractivity contribution in [3.8, 4) is 6.07 Å². The molecule has 1 atom stereocenters. The predicted octanol–water partition coefficient (Wildman–Crippen LogP) is 6.90. The van der Waals surface area contributed by atoms with Crippen molar-refractivity contribution in [2.75, 3.05) is 0 Å². The summed E-state index contributed by atoms with van der Waals surface area (Å²) < 4.78 is 4.57. The lowest BCUT2D eigenvalue weighted by molar-refractivity contribution is -0.163. The van der Waals surface area contributed by atoms with Crippen LogP contribution in [-0.4, -0.2) is 28.4 Å². The van der Waals surface area contributed by atoms with Crippen LogP contribution in [0.5, 0.6) is 0 Å². The van der Waals surface area contributed by atoms with Crippen LogP contribution in [0.4, 0.5) is 0 Å². The molecule has 0 aliphatic carbocycles. The summed E-state index contributed by atoms with van der Waals surface area (Å²) in [6, 6.07) is 9.71. The molecule has 0 aliphatic rings. The van der Waals surface area contributed by atoms with Crippen LogP contribution in [0, 0.1) is 11.3 Å². The molecule has 1 aromatic rings. The van der Waals surface area contributed by atoms with Gasteiger partial charge in [-0.05, 0) is 25.0 Å². The Morgan fingerprint density at radius 2 is 1.37 bits per heavy atom. The number of carboxylic acids is 1. The molecule has 0 radical (unpaired) electrons. The molecule has 1 unspecified atom stereocenters. The molecule has 2 N–H and O–H groups in total. The molecule has 0 aromatic heterocycles. The van der Waals surface area contributed by atoms with Crippen molar-refractivity contribution < 1.29 is 24.5 Å². The average molecular weight is 482 g/mol. The molecule has 6 heteroatoms. The van der Waals surface area contributed by atoms with Crippen molar-refractivity contribution >= 4 is 24.1 Å². The highest BCUT2D eigenvalue weighted by atomic mass is 16.6. The van der Waals surface area contributed by atoms with E-state index < -0.39 is 18.2 Å². The molecular formula is C29H39NO5. The second-order valence-electron chi connectivity index (χ2n) is 6.36. The summed E-state index contributed by atoms with van der Waals surface area (Å²) >= 11 is 0. The van der Waals surface area contributed by atoms with E-state index in [0.717, 1.165) is 17.5 Å². The van der Waals surface area contributed by atoms with Crippen LogP contribution in [0.3, 0.4) is 0 Å². The van der Waals surface area contributed by atoms with Gasteiger partial charge in [-0.25, -0.2) is 9.59 Å². The Morgan fingerprint density at radius 1 is 1.00 bits per heavy atom. The number of nitriles is 1. The van der Waals surface area contributed by atoms with Crippen LogP contribution in [0.2, 0.25) is 0 Å². The van der Waals surface area contributed by atoms with E-state index in [2.05, 4.69) is 50.8 Å². The molecule has 1 rings (SSSR count). The minimum Gasteiger partial charge on any atom is -0.478 e. The largest absolute Gasteiger partial charge is 0.478 e. The third kappa shape index (κ3) is 29.8. The fourth-order valence-electron chi connectivity index (χ4n) is 1.41. The minimum atomic E-state index is -0.982. The summed E-state index contributed by atoms with van der Waals surface area (Å²) in [7, 11) is 0.